The molecule has 2 aliphatic carbocycles. The minimum atomic E-state index is -1.07. The van der Waals surface area contributed by atoms with Gasteiger partial charge in [-0.1, -0.05) is 39.0 Å². The van der Waals surface area contributed by atoms with Crippen LogP contribution < -0.4 is 0 Å². The highest BCUT2D eigenvalue weighted by molar-refractivity contribution is 5.72. The van der Waals surface area contributed by atoms with Gasteiger partial charge in [0.1, 0.15) is 6.10 Å². The predicted octanol–water partition coefficient (Wildman–Crippen LogP) is 3.47. The fourth-order valence-corrected chi connectivity index (χ4v) is 4.49. The van der Waals surface area contributed by atoms with Crippen LogP contribution in [0.4, 0.5) is 0 Å². The van der Waals surface area contributed by atoms with Gasteiger partial charge in [-0.05, 0) is 55.9 Å². The number of carbonyl (C=O) groups is 2. The largest absolute Gasteiger partial charge is 0.481 e. The molecule has 6 heteroatoms. The van der Waals surface area contributed by atoms with Crippen LogP contribution >= 0.6 is 0 Å². The van der Waals surface area contributed by atoms with Crippen molar-refractivity contribution >= 4 is 11.9 Å². The number of fused-ring (bicyclic) bond motifs is 1. The van der Waals surface area contributed by atoms with Crippen molar-refractivity contribution in [3.8, 4) is 0 Å². The van der Waals surface area contributed by atoms with Gasteiger partial charge >= 0.3 is 11.9 Å². The van der Waals surface area contributed by atoms with Crippen molar-refractivity contribution in [3.05, 3.63) is 23.8 Å². The highest BCUT2D eigenvalue weighted by Crippen LogP contribution is 2.44. The molecule has 0 saturated heterocycles. The Balaban J connectivity index is 2.03. The molecule has 7 atom stereocenters. The van der Waals surface area contributed by atoms with E-state index < -0.39 is 18.2 Å². The van der Waals surface area contributed by atoms with Gasteiger partial charge in [0, 0.05) is 5.92 Å². The van der Waals surface area contributed by atoms with Crippen LogP contribution in [0.1, 0.15) is 65.7 Å². The molecule has 164 valence electrons. The number of aliphatic hydroxyl groups excluding tert-OH is 2. The van der Waals surface area contributed by atoms with E-state index in [4.69, 9.17) is 9.84 Å². The standard InChI is InChI=1S/C23H36O6/c1-4-14(2)23(28)29-20-7-5-6-16-9-8-15(3)19(22(16)20)11-10-17(24)12-18(25)13-21(26)27/h6,8-9,14-15,17-20,22,24-25H,4-5,7,10-13H2,1-3H3,(H,26,27)/t14-,15-,17+,18+,19?,20-,22-/m0/s1. The molecule has 0 aromatic heterocycles. The van der Waals surface area contributed by atoms with Crippen molar-refractivity contribution in [2.75, 3.05) is 0 Å². The highest BCUT2D eigenvalue weighted by Gasteiger charge is 2.40. The van der Waals surface area contributed by atoms with Crippen molar-refractivity contribution in [1.82, 2.24) is 0 Å². The number of carbonyl (C=O) groups excluding carboxylic acids is 1. The summed E-state index contributed by atoms with van der Waals surface area (Å²) in [7, 11) is 0. The Morgan fingerprint density at radius 3 is 2.66 bits per heavy atom. The second-order valence-electron chi connectivity index (χ2n) is 8.69. The van der Waals surface area contributed by atoms with E-state index in [0.717, 1.165) is 25.7 Å². The molecule has 6 nitrogen and oxygen atoms in total. The predicted molar refractivity (Wildman–Crippen MR) is 110 cm³/mol. The zero-order valence-electron chi connectivity index (χ0n) is 17.8. The molecule has 2 aliphatic rings. The molecule has 3 N–H and O–H groups in total. The van der Waals surface area contributed by atoms with E-state index in [1.807, 2.05) is 13.8 Å². The van der Waals surface area contributed by atoms with Crippen molar-refractivity contribution in [2.24, 2.45) is 23.7 Å². The molecule has 0 fully saturated rings. The van der Waals surface area contributed by atoms with E-state index in [0.29, 0.717) is 6.42 Å². The molecule has 0 bridgehead atoms. The topological polar surface area (TPSA) is 104 Å². The summed E-state index contributed by atoms with van der Waals surface area (Å²) in [6.45, 7) is 6.01. The minimum absolute atomic E-state index is 0.0586. The van der Waals surface area contributed by atoms with Gasteiger partial charge < -0.3 is 20.1 Å². The first-order chi connectivity index (χ1) is 13.7. The Bertz CT molecular complexity index is 625. The van der Waals surface area contributed by atoms with Crippen LogP contribution in [0.15, 0.2) is 23.8 Å². The van der Waals surface area contributed by atoms with E-state index in [9.17, 15) is 19.8 Å². The van der Waals surface area contributed by atoms with Gasteiger partial charge in [-0.25, -0.2) is 0 Å². The average molecular weight is 409 g/mol. The number of allylic oxidation sites excluding steroid dienone is 3. The summed E-state index contributed by atoms with van der Waals surface area (Å²) in [6.07, 6.45) is 7.97. The molecular formula is C23H36O6. The maximum absolute atomic E-state index is 12.4. The lowest BCUT2D eigenvalue weighted by atomic mass is 9.66. The molecule has 2 rings (SSSR count). The number of hydrogen-bond acceptors (Lipinski definition) is 5. The van der Waals surface area contributed by atoms with Gasteiger partial charge in [0.25, 0.3) is 0 Å². The summed E-state index contributed by atoms with van der Waals surface area (Å²) in [5.74, 6) is -0.691. The molecule has 0 heterocycles. The van der Waals surface area contributed by atoms with Crippen LogP contribution in [-0.4, -0.2) is 45.6 Å². The second kappa shape index (κ2) is 10.9. The lowest BCUT2D eigenvalue weighted by Crippen LogP contribution is -2.40. The van der Waals surface area contributed by atoms with E-state index in [1.165, 1.54) is 5.57 Å². The maximum atomic E-state index is 12.4. The first kappa shape index (κ1) is 23.6. The third-order valence-corrected chi connectivity index (χ3v) is 6.42. The molecule has 0 saturated carbocycles. The summed E-state index contributed by atoms with van der Waals surface area (Å²) in [5.41, 5.74) is 1.21. The first-order valence-electron chi connectivity index (χ1n) is 10.9. The van der Waals surface area contributed by atoms with E-state index >= 15 is 0 Å². The quantitative estimate of drug-likeness (QED) is 0.478. The molecule has 0 aromatic rings. The van der Waals surface area contributed by atoms with Crippen LogP contribution in [0.5, 0.6) is 0 Å². The number of carboxylic acids is 1. The zero-order chi connectivity index (χ0) is 21.6. The number of aliphatic carboxylic acids is 1. The number of esters is 1. The molecule has 0 aliphatic heterocycles. The molecule has 1 unspecified atom stereocenters. The fraction of sp³-hybridized carbons (Fsp3) is 0.739. The van der Waals surface area contributed by atoms with Gasteiger partial charge in [0.2, 0.25) is 0 Å². The van der Waals surface area contributed by atoms with Crippen LogP contribution in [0, 0.1) is 23.7 Å². The summed E-state index contributed by atoms with van der Waals surface area (Å²) in [5, 5.41) is 28.8. The monoisotopic (exact) mass is 408 g/mol. The van der Waals surface area contributed by atoms with Crippen LogP contribution in [-0.2, 0) is 14.3 Å². The SMILES string of the molecule is CC[C@H](C)C(=O)O[C@H]1CCC=C2C=C[C@H](C)C(CC[C@@H](O)C[C@@H](O)CC(=O)O)[C@H]21. The van der Waals surface area contributed by atoms with Crippen molar-refractivity contribution < 1.29 is 29.6 Å². The van der Waals surface area contributed by atoms with Gasteiger partial charge in [0.15, 0.2) is 0 Å². The van der Waals surface area contributed by atoms with E-state index in [-0.39, 0.29) is 48.6 Å². The molecule has 0 amide bonds. The Hall–Kier alpha value is -1.66. The number of ether oxygens (including phenoxy) is 1. The smallest absolute Gasteiger partial charge is 0.308 e. The van der Waals surface area contributed by atoms with Crippen molar-refractivity contribution in [3.63, 3.8) is 0 Å². The summed E-state index contributed by atoms with van der Waals surface area (Å²) >= 11 is 0. The molecular weight excluding hydrogens is 372 g/mol. The summed E-state index contributed by atoms with van der Waals surface area (Å²) in [4.78, 5) is 23.1. The maximum Gasteiger partial charge on any atom is 0.308 e. The fourth-order valence-electron chi connectivity index (χ4n) is 4.49. The highest BCUT2D eigenvalue weighted by atomic mass is 16.5. The lowest BCUT2D eigenvalue weighted by molar-refractivity contribution is -0.158. The second-order valence-corrected chi connectivity index (χ2v) is 8.69. The summed E-state index contributed by atoms with van der Waals surface area (Å²) in [6, 6.07) is 0. The Morgan fingerprint density at radius 1 is 1.28 bits per heavy atom. The van der Waals surface area contributed by atoms with Crippen molar-refractivity contribution in [1.29, 1.82) is 0 Å². The number of carboxylic acid groups (broad SMARTS) is 1. The Labute approximate surface area is 173 Å². The first-order valence-corrected chi connectivity index (χ1v) is 10.9. The molecule has 0 aromatic carbocycles. The zero-order valence-corrected chi connectivity index (χ0v) is 17.8. The molecule has 0 radical (unpaired) electrons. The van der Waals surface area contributed by atoms with Gasteiger partial charge in [-0.3, -0.25) is 9.59 Å². The third kappa shape index (κ3) is 6.68. The molecule has 0 spiro atoms. The van der Waals surface area contributed by atoms with E-state index in [2.05, 4.69) is 25.2 Å². The lowest BCUT2D eigenvalue weighted by Gasteiger charge is -2.42. The molecule has 29 heavy (non-hydrogen) atoms. The van der Waals surface area contributed by atoms with Gasteiger partial charge in [-0.2, -0.15) is 0 Å². The number of hydrogen-bond donors (Lipinski definition) is 3. The Morgan fingerprint density at radius 2 is 2.00 bits per heavy atom. The minimum Gasteiger partial charge on any atom is -0.481 e. The van der Waals surface area contributed by atoms with Gasteiger partial charge in [-0.15, -0.1) is 0 Å². The summed E-state index contributed by atoms with van der Waals surface area (Å²) < 4.78 is 5.93. The average Bonchev–Trinajstić information content (AvgIpc) is 2.66. The number of rotatable bonds is 10. The Kier molecular flexibility index (Phi) is 8.90. The van der Waals surface area contributed by atoms with Crippen LogP contribution in [0.3, 0.4) is 0 Å². The van der Waals surface area contributed by atoms with Gasteiger partial charge in [0.05, 0.1) is 24.5 Å². The normalized spacial score (nSPS) is 29.3. The third-order valence-electron chi connectivity index (χ3n) is 6.42. The van der Waals surface area contributed by atoms with Crippen molar-refractivity contribution in [2.45, 2.75) is 84.0 Å². The van der Waals surface area contributed by atoms with E-state index in [1.54, 1.807) is 0 Å². The number of aliphatic hydroxyl groups is 2. The van der Waals surface area contributed by atoms with Crippen LogP contribution in [0.25, 0.3) is 0 Å². The van der Waals surface area contributed by atoms with Crippen LogP contribution in [0.2, 0.25) is 0 Å².